The van der Waals surface area contributed by atoms with Gasteiger partial charge < -0.3 is 14.7 Å². The van der Waals surface area contributed by atoms with E-state index in [1.165, 1.54) is 48.3 Å². The summed E-state index contributed by atoms with van der Waals surface area (Å²) in [5, 5.41) is 9.04. The molecular formula is C41H47NO4S2. The van der Waals surface area contributed by atoms with E-state index < -0.39 is 11.6 Å². The van der Waals surface area contributed by atoms with Crippen LogP contribution in [0.25, 0.3) is 0 Å². The van der Waals surface area contributed by atoms with Gasteiger partial charge in [-0.25, -0.2) is 4.79 Å². The third kappa shape index (κ3) is 10.4. The van der Waals surface area contributed by atoms with Crippen molar-refractivity contribution in [2.45, 2.75) is 103 Å². The fourth-order valence-corrected chi connectivity index (χ4v) is 8.32. The molecule has 2 atom stereocenters. The monoisotopic (exact) mass is 681 g/mol. The maximum Gasteiger partial charge on any atom is 0.410 e. The van der Waals surface area contributed by atoms with Gasteiger partial charge in [0.25, 0.3) is 0 Å². The number of benzene rings is 4. The fraction of sp³-hybridized carbons (Fsp3) is 0.366. The molecule has 2 aliphatic rings. The molecule has 4 aromatic rings. The van der Waals surface area contributed by atoms with Crippen molar-refractivity contribution < 1.29 is 19.4 Å². The molecule has 0 heterocycles. The molecule has 1 amide bonds. The van der Waals surface area contributed by atoms with Crippen LogP contribution in [0.15, 0.2) is 117 Å². The number of carbonyl (C=O) groups is 2. The number of hydrogen-bond donors (Lipinski definition) is 1. The first kappa shape index (κ1) is 35.6. The quantitative estimate of drug-likeness (QED) is 0.200. The Balaban J connectivity index is 0.000000194. The normalized spacial score (nSPS) is 16.8. The van der Waals surface area contributed by atoms with Crippen LogP contribution in [0.1, 0.15) is 87.0 Å². The SMILES string of the molecule is CN(C[C@H]1CCCc2cc(Sc3ccccc3)ccc21)C(=O)OC(C)(C)C.O=C(O)C[C@H]1CCCc2cc(Sc3ccccc3)ccc21. The lowest BCUT2D eigenvalue weighted by Gasteiger charge is -2.31. The molecule has 4 aromatic carbocycles. The first-order chi connectivity index (χ1) is 23.0. The van der Waals surface area contributed by atoms with Crippen LogP contribution >= 0.6 is 23.5 Å². The lowest BCUT2D eigenvalue weighted by Crippen LogP contribution is -2.37. The standard InChI is InChI=1S/C23H29NO2S.C18H18O2S/c1-23(2,3)26-22(25)24(4)16-18-10-8-9-17-15-20(13-14-21(17)18)27-19-11-6-5-7-12-19;19-18(20)12-14-6-4-5-13-11-16(9-10-17(13)14)21-15-7-2-1-3-8-15/h5-7,11-15,18H,8-10,16H2,1-4H3;1-3,7-11,14H,4-6,12H2,(H,19,20)/t18-;14-/m11/s1. The number of amides is 1. The molecule has 0 fully saturated rings. The Morgan fingerprint density at radius 1 is 0.729 bits per heavy atom. The van der Waals surface area contributed by atoms with Crippen LogP contribution in [0.2, 0.25) is 0 Å². The Kier molecular flexibility index (Phi) is 12.3. The molecule has 252 valence electrons. The van der Waals surface area contributed by atoms with Crippen molar-refractivity contribution in [3.63, 3.8) is 0 Å². The highest BCUT2D eigenvalue weighted by molar-refractivity contribution is 7.99. The van der Waals surface area contributed by atoms with E-state index in [0.29, 0.717) is 12.5 Å². The second kappa shape index (κ2) is 16.6. The number of aliphatic carboxylic acids is 1. The topological polar surface area (TPSA) is 66.8 Å². The van der Waals surface area contributed by atoms with Gasteiger partial charge in [-0.15, -0.1) is 0 Å². The van der Waals surface area contributed by atoms with Gasteiger partial charge in [0.2, 0.25) is 0 Å². The van der Waals surface area contributed by atoms with Crippen LogP contribution in [-0.2, 0) is 22.4 Å². The average molecular weight is 682 g/mol. The molecule has 1 N–H and O–H groups in total. The van der Waals surface area contributed by atoms with Gasteiger partial charge in [-0.1, -0.05) is 72.1 Å². The Morgan fingerprint density at radius 3 is 1.69 bits per heavy atom. The van der Waals surface area contributed by atoms with Crippen LogP contribution in [-0.4, -0.2) is 41.3 Å². The molecule has 0 unspecified atom stereocenters. The summed E-state index contributed by atoms with van der Waals surface area (Å²) in [6.07, 6.45) is 6.54. The van der Waals surface area contributed by atoms with E-state index in [1.54, 1.807) is 28.4 Å². The predicted molar refractivity (Wildman–Crippen MR) is 196 cm³/mol. The second-order valence-corrected chi connectivity index (χ2v) is 16.0. The number of carboxylic acids is 1. The fourth-order valence-electron chi connectivity index (χ4n) is 6.52. The molecule has 0 spiro atoms. The Hall–Kier alpha value is -3.68. The largest absolute Gasteiger partial charge is 0.481 e. The van der Waals surface area contributed by atoms with Crippen LogP contribution in [0.3, 0.4) is 0 Å². The van der Waals surface area contributed by atoms with Crippen molar-refractivity contribution in [3.8, 4) is 0 Å². The molecule has 5 nitrogen and oxygen atoms in total. The van der Waals surface area contributed by atoms with E-state index in [2.05, 4.69) is 72.8 Å². The minimum Gasteiger partial charge on any atom is -0.481 e. The summed E-state index contributed by atoms with van der Waals surface area (Å²) < 4.78 is 5.50. The highest BCUT2D eigenvalue weighted by atomic mass is 32.2. The molecule has 6 rings (SSSR count). The highest BCUT2D eigenvalue weighted by Crippen LogP contribution is 2.38. The number of carbonyl (C=O) groups excluding carboxylic acids is 1. The van der Waals surface area contributed by atoms with E-state index >= 15 is 0 Å². The summed E-state index contributed by atoms with van der Waals surface area (Å²) >= 11 is 3.56. The molecule has 7 heteroatoms. The summed E-state index contributed by atoms with van der Waals surface area (Å²) in [5.41, 5.74) is 4.91. The highest BCUT2D eigenvalue weighted by Gasteiger charge is 2.26. The van der Waals surface area contributed by atoms with E-state index in [9.17, 15) is 9.59 Å². The average Bonchev–Trinajstić information content (AvgIpc) is 3.05. The lowest BCUT2D eigenvalue weighted by molar-refractivity contribution is -0.137. The third-order valence-electron chi connectivity index (χ3n) is 8.68. The molecule has 0 radical (unpaired) electrons. The maximum atomic E-state index is 12.3. The number of likely N-dealkylation sites (N-methyl/N-ethyl adjacent to an activating group) is 1. The number of ether oxygens (including phenoxy) is 1. The molecule has 0 aliphatic heterocycles. The van der Waals surface area contributed by atoms with Gasteiger partial charge in [-0.3, -0.25) is 4.79 Å². The maximum absolute atomic E-state index is 12.3. The number of aryl methyl sites for hydroxylation is 2. The lowest BCUT2D eigenvalue weighted by atomic mass is 9.81. The van der Waals surface area contributed by atoms with Gasteiger partial charge in [0.1, 0.15) is 5.60 Å². The minimum absolute atomic E-state index is 0.182. The van der Waals surface area contributed by atoms with E-state index in [4.69, 9.17) is 9.84 Å². The summed E-state index contributed by atoms with van der Waals surface area (Å²) in [7, 11) is 1.84. The number of hydrogen-bond acceptors (Lipinski definition) is 5. The number of rotatable bonds is 8. The minimum atomic E-state index is -0.699. The summed E-state index contributed by atoms with van der Waals surface area (Å²) in [6.45, 7) is 6.41. The number of fused-ring (bicyclic) bond motifs is 2. The van der Waals surface area contributed by atoms with Crippen molar-refractivity contribution in [2.24, 2.45) is 0 Å². The van der Waals surface area contributed by atoms with Gasteiger partial charge >= 0.3 is 12.1 Å². The van der Waals surface area contributed by atoms with Crippen LogP contribution < -0.4 is 0 Å². The van der Waals surface area contributed by atoms with E-state index in [1.807, 2.05) is 52.1 Å². The Labute approximate surface area is 294 Å². The predicted octanol–water partition coefficient (Wildman–Crippen LogP) is 10.9. The molecule has 2 aliphatic carbocycles. The Morgan fingerprint density at radius 2 is 1.21 bits per heavy atom. The summed E-state index contributed by atoms with van der Waals surface area (Å²) in [6, 6.07) is 34.1. The molecular weight excluding hydrogens is 635 g/mol. The third-order valence-corrected chi connectivity index (χ3v) is 10.7. The zero-order chi connectivity index (χ0) is 34.1. The van der Waals surface area contributed by atoms with Crippen molar-refractivity contribution in [3.05, 3.63) is 119 Å². The van der Waals surface area contributed by atoms with Crippen molar-refractivity contribution in [1.29, 1.82) is 0 Å². The second-order valence-electron chi connectivity index (χ2n) is 13.7. The first-order valence-corrected chi connectivity index (χ1v) is 18.5. The van der Waals surface area contributed by atoms with Gasteiger partial charge in [0.15, 0.2) is 0 Å². The molecule has 0 saturated carbocycles. The van der Waals surface area contributed by atoms with Crippen molar-refractivity contribution in [2.75, 3.05) is 13.6 Å². The molecule has 0 aromatic heterocycles. The zero-order valence-corrected chi connectivity index (χ0v) is 30.1. The first-order valence-electron chi connectivity index (χ1n) is 16.9. The molecule has 0 saturated heterocycles. The van der Waals surface area contributed by atoms with Crippen LogP contribution in [0.5, 0.6) is 0 Å². The van der Waals surface area contributed by atoms with Gasteiger partial charge in [-0.05, 0) is 136 Å². The van der Waals surface area contributed by atoms with Gasteiger partial charge in [-0.2, -0.15) is 0 Å². The van der Waals surface area contributed by atoms with Crippen LogP contribution in [0, 0.1) is 0 Å². The van der Waals surface area contributed by atoms with E-state index in [-0.39, 0.29) is 18.4 Å². The zero-order valence-electron chi connectivity index (χ0n) is 28.5. The summed E-state index contributed by atoms with van der Waals surface area (Å²) in [4.78, 5) is 30.0. The number of nitrogens with zero attached hydrogens (tertiary/aromatic N) is 1. The van der Waals surface area contributed by atoms with E-state index in [0.717, 1.165) is 32.1 Å². The molecule has 48 heavy (non-hydrogen) atoms. The van der Waals surface area contributed by atoms with Crippen molar-refractivity contribution in [1.82, 2.24) is 4.90 Å². The Bertz CT molecular complexity index is 1670. The van der Waals surface area contributed by atoms with Gasteiger partial charge in [0.05, 0.1) is 6.42 Å². The molecule has 0 bridgehead atoms. The summed E-state index contributed by atoms with van der Waals surface area (Å²) in [5.74, 6) is -0.139. The number of carboxylic acid groups (broad SMARTS) is 1. The van der Waals surface area contributed by atoms with Crippen LogP contribution in [0.4, 0.5) is 4.79 Å². The smallest absolute Gasteiger partial charge is 0.410 e. The van der Waals surface area contributed by atoms with Gasteiger partial charge in [0, 0.05) is 39.1 Å². The van der Waals surface area contributed by atoms with Crippen molar-refractivity contribution >= 4 is 35.6 Å².